The number of benzene rings is 1. The average molecular weight is 518 g/mol. The second-order valence-corrected chi connectivity index (χ2v) is 9.12. The van der Waals surface area contributed by atoms with Crippen molar-refractivity contribution in [3.63, 3.8) is 0 Å². The molecule has 37 heavy (non-hydrogen) atoms. The summed E-state index contributed by atoms with van der Waals surface area (Å²) in [6, 6.07) is 7.12. The van der Waals surface area contributed by atoms with Crippen LogP contribution in [-0.2, 0) is 4.79 Å². The first-order chi connectivity index (χ1) is 17.5. The number of hydrogen-bond donors (Lipinski definition) is 3. The summed E-state index contributed by atoms with van der Waals surface area (Å²) in [6.07, 6.45) is -3.21. The number of likely N-dealkylation sites (tertiary alicyclic amines) is 1. The molecule has 0 unspecified atom stereocenters. The Morgan fingerprint density at radius 2 is 1.84 bits per heavy atom. The van der Waals surface area contributed by atoms with Crippen molar-refractivity contribution in [2.24, 2.45) is 0 Å². The van der Waals surface area contributed by atoms with Crippen LogP contribution < -0.4 is 16.4 Å². The number of aromatic nitrogens is 3. The number of nitrogens with one attached hydrogen (secondary N) is 2. The summed E-state index contributed by atoms with van der Waals surface area (Å²) in [5.41, 5.74) is 8.25. The first-order valence-corrected chi connectivity index (χ1v) is 11.7. The fourth-order valence-electron chi connectivity index (χ4n) is 4.33. The fourth-order valence-corrected chi connectivity index (χ4v) is 4.33. The fraction of sp³-hybridized carbons (Fsp3) is 0.375. The number of halogens is 3. The van der Waals surface area contributed by atoms with E-state index in [0.717, 1.165) is 10.6 Å². The van der Waals surface area contributed by atoms with Crippen molar-refractivity contribution in [2.45, 2.75) is 44.8 Å². The number of carbonyl (C=O) groups is 3. The zero-order chi connectivity index (χ0) is 26.9. The lowest BCUT2D eigenvalue weighted by atomic mass is 10.0. The lowest BCUT2D eigenvalue weighted by Gasteiger charge is -2.32. The van der Waals surface area contributed by atoms with Crippen LogP contribution in [0.15, 0.2) is 36.7 Å². The SMILES string of the molecule is CC(C)c1cc(C(=O)c2cccc(NC(=O)NC3CCN(C(=O)C(F)(F)F)CC3)c2)c2c(N)ncnn12. The summed E-state index contributed by atoms with van der Waals surface area (Å²) >= 11 is 0. The minimum atomic E-state index is -4.91. The Kier molecular flexibility index (Phi) is 7.05. The van der Waals surface area contributed by atoms with Gasteiger partial charge < -0.3 is 21.3 Å². The number of hydrogen-bond acceptors (Lipinski definition) is 6. The molecule has 0 atom stereocenters. The molecule has 0 aliphatic carbocycles. The Labute approximate surface area is 210 Å². The van der Waals surface area contributed by atoms with Crippen LogP contribution in [-0.4, -0.2) is 62.5 Å². The van der Waals surface area contributed by atoms with E-state index in [0.29, 0.717) is 22.3 Å². The molecule has 2 aromatic heterocycles. The van der Waals surface area contributed by atoms with E-state index in [1.165, 1.54) is 12.4 Å². The summed E-state index contributed by atoms with van der Waals surface area (Å²) < 4.78 is 39.4. The Morgan fingerprint density at radius 3 is 2.49 bits per heavy atom. The Hall–Kier alpha value is -4.16. The Morgan fingerprint density at radius 1 is 1.14 bits per heavy atom. The molecule has 0 radical (unpaired) electrons. The highest BCUT2D eigenvalue weighted by molar-refractivity contribution is 6.15. The average Bonchev–Trinajstić information content (AvgIpc) is 3.24. The van der Waals surface area contributed by atoms with Crippen molar-refractivity contribution >= 4 is 34.7 Å². The van der Waals surface area contributed by atoms with Gasteiger partial charge >= 0.3 is 18.1 Å². The molecule has 196 valence electrons. The van der Waals surface area contributed by atoms with Crippen LogP contribution in [0.3, 0.4) is 0 Å². The van der Waals surface area contributed by atoms with Gasteiger partial charge in [0.05, 0.1) is 5.56 Å². The molecule has 1 saturated heterocycles. The number of rotatable bonds is 5. The maximum absolute atomic E-state index is 13.4. The monoisotopic (exact) mass is 517 g/mol. The third-order valence-electron chi connectivity index (χ3n) is 6.19. The van der Waals surface area contributed by atoms with Gasteiger partial charge in [0.2, 0.25) is 0 Å². The van der Waals surface area contributed by atoms with Crippen molar-refractivity contribution in [1.29, 1.82) is 0 Å². The number of amides is 3. The van der Waals surface area contributed by atoms with Gasteiger partial charge in [0.25, 0.3) is 0 Å². The number of piperidine rings is 1. The van der Waals surface area contributed by atoms with Crippen molar-refractivity contribution in [3.8, 4) is 0 Å². The lowest BCUT2D eigenvalue weighted by Crippen LogP contribution is -2.50. The van der Waals surface area contributed by atoms with Gasteiger partial charge in [0.15, 0.2) is 11.6 Å². The molecule has 1 fully saturated rings. The van der Waals surface area contributed by atoms with E-state index in [1.807, 2.05) is 13.8 Å². The van der Waals surface area contributed by atoms with E-state index in [1.54, 1.807) is 28.8 Å². The van der Waals surface area contributed by atoms with Crippen LogP contribution >= 0.6 is 0 Å². The summed E-state index contributed by atoms with van der Waals surface area (Å²) in [7, 11) is 0. The van der Waals surface area contributed by atoms with Gasteiger partial charge in [-0.1, -0.05) is 26.0 Å². The smallest absolute Gasteiger partial charge is 0.382 e. The second kappa shape index (κ2) is 10.1. The number of ketones is 1. The molecular weight excluding hydrogens is 491 g/mol. The largest absolute Gasteiger partial charge is 0.471 e. The van der Waals surface area contributed by atoms with Crippen LogP contribution in [0.2, 0.25) is 0 Å². The number of anilines is 2. The number of nitrogen functional groups attached to an aromatic ring is 1. The lowest BCUT2D eigenvalue weighted by molar-refractivity contribution is -0.186. The minimum Gasteiger partial charge on any atom is -0.382 e. The highest BCUT2D eigenvalue weighted by Crippen LogP contribution is 2.28. The highest BCUT2D eigenvalue weighted by atomic mass is 19.4. The van der Waals surface area contributed by atoms with E-state index in [2.05, 4.69) is 20.7 Å². The molecule has 3 heterocycles. The highest BCUT2D eigenvalue weighted by Gasteiger charge is 2.43. The zero-order valence-corrected chi connectivity index (χ0v) is 20.2. The number of alkyl halides is 3. The Bertz CT molecular complexity index is 1350. The molecule has 13 heteroatoms. The van der Waals surface area contributed by atoms with Gasteiger partial charge in [-0.25, -0.2) is 14.3 Å². The molecule has 3 amide bonds. The van der Waals surface area contributed by atoms with Gasteiger partial charge in [-0.3, -0.25) is 9.59 Å². The van der Waals surface area contributed by atoms with Crippen LogP contribution in [0.4, 0.5) is 29.5 Å². The van der Waals surface area contributed by atoms with Crippen molar-refractivity contribution in [1.82, 2.24) is 24.8 Å². The van der Waals surface area contributed by atoms with Gasteiger partial charge in [-0.2, -0.15) is 18.3 Å². The quantitative estimate of drug-likeness (QED) is 0.445. The van der Waals surface area contributed by atoms with Gasteiger partial charge in [0, 0.05) is 36.1 Å². The van der Waals surface area contributed by atoms with E-state index in [4.69, 9.17) is 5.73 Å². The van der Waals surface area contributed by atoms with E-state index >= 15 is 0 Å². The molecule has 3 aromatic rings. The van der Waals surface area contributed by atoms with Crippen LogP contribution in [0.5, 0.6) is 0 Å². The molecular formula is C24H26F3N7O3. The molecule has 1 aromatic carbocycles. The van der Waals surface area contributed by atoms with E-state index in [-0.39, 0.29) is 43.5 Å². The molecule has 0 saturated carbocycles. The van der Waals surface area contributed by atoms with Gasteiger partial charge in [-0.05, 0) is 37.0 Å². The normalized spacial score (nSPS) is 14.7. The number of fused-ring (bicyclic) bond motifs is 1. The summed E-state index contributed by atoms with van der Waals surface area (Å²) in [5.74, 6) is -1.96. The van der Waals surface area contributed by atoms with Crippen molar-refractivity contribution in [2.75, 3.05) is 24.1 Å². The summed E-state index contributed by atoms with van der Waals surface area (Å²) in [6.45, 7) is 3.72. The minimum absolute atomic E-state index is 0.0681. The summed E-state index contributed by atoms with van der Waals surface area (Å²) in [5, 5.41) is 9.58. The standard InChI is InChI=1S/C24H26F3N7O3/c1-13(2)18-11-17(19-21(28)29-12-30-34(18)19)20(35)14-4-3-5-16(10-14)32-23(37)31-15-6-8-33(9-7-15)22(36)24(25,26)27/h3-5,10-13,15H,6-9H2,1-2H3,(H2,28,29,30)(H2,31,32,37). The van der Waals surface area contributed by atoms with E-state index in [9.17, 15) is 27.6 Å². The molecule has 1 aliphatic rings. The second-order valence-electron chi connectivity index (χ2n) is 9.12. The van der Waals surface area contributed by atoms with Crippen molar-refractivity contribution < 1.29 is 27.6 Å². The first-order valence-electron chi connectivity index (χ1n) is 11.7. The molecule has 10 nitrogen and oxygen atoms in total. The molecule has 1 aliphatic heterocycles. The third-order valence-corrected chi connectivity index (χ3v) is 6.19. The van der Waals surface area contributed by atoms with Crippen LogP contribution in [0.25, 0.3) is 5.52 Å². The van der Waals surface area contributed by atoms with E-state index < -0.39 is 24.2 Å². The predicted octanol–water partition coefficient (Wildman–Crippen LogP) is 3.34. The van der Waals surface area contributed by atoms with Crippen LogP contribution in [0.1, 0.15) is 54.2 Å². The maximum Gasteiger partial charge on any atom is 0.471 e. The van der Waals surface area contributed by atoms with Gasteiger partial charge in [-0.15, -0.1) is 0 Å². The van der Waals surface area contributed by atoms with Crippen molar-refractivity contribution in [3.05, 3.63) is 53.5 Å². The molecule has 4 N–H and O–H groups in total. The topological polar surface area (TPSA) is 135 Å². The third kappa shape index (κ3) is 5.49. The number of nitrogens with zero attached hydrogens (tertiary/aromatic N) is 4. The zero-order valence-electron chi connectivity index (χ0n) is 20.2. The van der Waals surface area contributed by atoms with Crippen LogP contribution in [0, 0.1) is 0 Å². The molecule has 4 rings (SSSR count). The summed E-state index contributed by atoms with van der Waals surface area (Å²) in [4.78, 5) is 42.0. The predicted molar refractivity (Wildman–Crippen MR) is 129 cm³/mol. The first kappa shape index (κ1) is 25.9. The maximum atomic E-state index is 13.4. The number of nitrogens with two attached hydrogens (primary N) is 1. The van der Waals surface area contributed by atoms with Gasteiger partial charge in [0.1, 0.15) is 11.8 Å². The Balaban J connectivity index is 1.44. The molecule has 0 bridgehead atoms. The number of carbonyl (C=O) groups excluding carboxylic acids is 3. The molecule has 0 spiro atoms. The number of urea groups is 1.